The van der Waals surface area contributed by atoms with Crippen molar-refractivity contribution in [3.63, 3.8) is 0 Å². The SMILES string of the molecule is Cc1cnc(Nc2ccc(C(F)(F)F)cc2C#N)c(Br)c1. The number of hydrogen-bond donors (Lipinski definition) is 1. The Morgan fingerprint density at radius 3 is 2.57 bits per heavy atom. The van der Waals surface area contributed by atoms with Gasteiger partial charge in [0.05, 0.1) is 21.3 Å². The van der Waals surface area contributed by atoms with Crippen molar-refractivity contribution in [2.24, 2.45) is 0 Å². The van der Waals surface area contributed by atoms with Gasteiger partial charge in [-0.1, -0.05) is 0 Å². The fraction of sp³-hybridized carbons (Fsp3) is 0.143. The van der Waals surface area contributed by atoms with Crippen LogP contribution in [0.4, 0.5) is 24.7 Å². The molecule has 0 aliphatic heterocycles. The van der Waals surface area contributed by atoms with Gasteiger partial charge in [-0.15, -0.1) is 0 Å². The van der Waals surface area contributed by atoms with Gasteiger partial charge in [-0.3, -0.25) is 0 Å². The molecule has 0 fully saturated rings. The number of hydrogen-bond acceptors (Lipinski definition) is 3. The summed E-state index contributed by atoms with van der Waals surface area (Å²) in [4.78, 5) is 4.13. The number of benzene rings is 1. The molecule has 0 saturated carbocycles. The van der Waals surface area contributed by atoms with E-state index < -0.39 is 11.7 Å². The number of aryl methyl sites for hydroxylation is 1. The summed E-state index contributed by atoms with van der Waals surface area (Å²) in [5.41, 5.74) is 0.238. The third-order valence-corrected chi connectivity index (χ3v) is 3.30. The van der Waals surface area contributed by atoms with Crippen molar-refractivity contribution < 1.29 is 13.2 Å². The highest BCUT2D eigenvalue weighted by Crippen LogP contribution is 2.33. The van der Waals surface area contributed by atoms with Gasteiger partial charge in [0.1, 0.15) is 11.9 Å². The van der Waals surface area contributed by atoms with Crippen LogP contribution in [0.2, 0.25) is 0 Å². The molecular weight excluding hydrogens is 347 g/mol. The van der Waals surface area contributed by atoms with Crippen LogP contribution < -0.4 is 5.32 Å². The molecule has 0 unspecified atom stereocenters. The van der Waals surface area contributed by atoms with Crippen LogP contribution in [0.25, 0.3) is 0 Å². The first-order valence-corrected chi connectivity index (χ1v) is 6.61. The molecule has 1 N–H and O–H groups in total. The maximum atomic E-state index is 12.6. The van der Waals surface area contributed by atoms with Gasteiger partial charge in [-0.2, -0.15) is 18.4 Å². The normalized spacial score (nSPS) is 11.0. The predicted molar refractivity (Wildman–Crippen MR) is 76.1 cm³/mol. The Morgan fingerprint density at radius 2 is 2.00 bits per heavy atom. The van der Waals surface area contributed by atoms with E-state index in [1.807, 2.05) is 13.0 Å². The molecule has 0 aliphatic rings. The van der Waals surface area contributed by atoms with Crippen molar-refractivity contribution in [2.45, 2.75) is 13.1 Å². The van der Waals surface area contributed by atoms with Crippen molar-refractivity contribution in [1.82, 2.24) is 4.98 Å². The zero-order chi connectivity index (χ0) is 15.6. The summed E-state index contributed by atoms with van der Waals surface area (Å²) in [7, 11) is 0. The first kappa shape index (κ1) is 15.3. The van der Waals surface area contributed by atoms with Crippen LogP contribution >= 0.6 is 15.9 Å². The summed E-state index contributed by atoms with van der Waals surface area (Å²) in [6.07, 6.45) is -2.87. The minimum atomic E-state index is -4.48. The van der Waals surface area contributed by atoms with Crippen LogP contribution in [0.1, 0.15) is 16.7 Å². The maximum absolute atomic E-state index is 12.6. The molecule has 1 aromatic carbocycles. The predicted octanol–water partition coefficient (Wildman–Crippen LogP) is 4.79. The molecule has 0 saturated heterocycles. The lowest BCUT2D eigenvalue weighted by Gasteiger charge is -2.12. The van der Waals surface area contributed by atoms with Crippen molar-refractivity contribution >= 4 is 27.4 Å². The Hall–Kier alpha value is -2.07. The fourth-order valence-electron chi connectivity index (χ4n) is 1.68. The number of aromatic nitrogens is 1. The lowest BCUT2D eigenvalue weighted by atomic mass is 10.1. The van der Waals surface area contributed by atoms with Crippen molar-refractivity contribution in [1.29, 1.82) is 5.26 Å². The Morgan fingerprint density at radius 1 is 1.29 bits per heavy atom. The molecule has 0 bridgehead atoms. The van der Waals surface area contributed by atoms with E-state index >= 15 is 0 Å². The molecule has 1 aromatic heterocycles. The van der Waals surface area contributed by atoms with Gasteiger partial charge >= 0.3 is 6.18 Å². The van der Waals surface area contributed by atoms with Gasteiger partial charge in [0.2, 0.25) is 0 Å². The average Bonchev–Trinajstić information content (AvgIpc) is 2.41. The molecule has 0 aliphatic carbocycles. The number of pyridine rings is 1. The Balaban J connectivity index is 2.39. The molecule has 2 rings (SSSR count). The maximum Gasteiger partial charge on any atom is 0.416 e. The Labute approximate surface area is 127 Å². The third kappa shape index (κ3) is 3.52. The molecule has 0 spiro atoms. The highest BCUT2D eigenvalue weighted by Gasteiger charge is 2.31. The molecule has 108 valence electrons. The number of alkyl halides is 3. The van der Waals surface area contributed by atoms with Crippen molar-refractivity contribution in [3.05, 3.63) is 51.6 Å². The highest BCUT2D eigenvalue weighted by molar-refractivity contribution is 9.10. The average molecular weight is 356 g/mol. The molecule has 0 atom stereocenters. The largest absolute Gasteiger partial charge is 0.416 e. The summed E-state index contributed by atoms with van der Waals surface area (Å²) in [5, 5.41) is 11.9. The minimum absolute atomic E-state index is 0.0981. The van der Waals surface area contributed by atoms with E-state index in [2.05, 4.69) is 26.2 Å². The molecule has 7 heteroatoms. The molecule has 1 heterocycles. The number of anilines is 2. The van der Waals surface area contributed by atoms with Crippen LogP contribution in [0.5, 0.6) is 0 Å². The first-order chi connectivity index (χ1) is 9.81. The zero-order valence-electron chi connectivity index (χ0n) is 10.8. The summed E-state index contributed by atoms with van der Waals surface area (Å²) < 4.78 is 38.5. The number of nitriles is 1. The van der Waals surface area contributed by atoms with Crippen molar-refractivity contribution in [3.8, 4) is 6.07 Å². The lowest BCUT2D eigenvalue weighted by Crippen LogP contribution is -2.06. The van der Waals surface area contributed by atoms with Gasteiger partial charge in [0, 0.05) is 6.20 Å². The quantitative estimate of drug-likeness (QED) is 0.842. The van der Waals surface area contributed by atoms with E-state index in [0.29, 0.717) is 10.3 Å². The summed E-state index contributed by atoms with van der Waals surface area (Å²) in [6.45, 7) is 1.86. The first-order valence-electron chi connectivity index (χ1n) is 5.82. The smallest absolute Gasteiger partial charge is 0.338 e. The molecule has 2 aromatic rings. The topological polar surface area (TPSA) is 48.7 Å². The van der Waals surface area contributed by atoms with Crippen LogP contribution in [-0.4, -0.2) is 4.98 Å². The molecule has 21 heavy (non-hydrogen) atoms. The summed E-state index contributed by atoms with van der Waals surface area (Å²) in [6, 6.07) is 6.51. The van der Waals surface area contributed by atoms with Crippen LogP contribution in [-0.2, 0) is 6.18 Å². The zero-order valence-corrected chi connectivity index (χ0v) is 12.4. The second kappa shape index (κ2) is 5.74. The molecular formula is C14H9BrF3N3. The van der Waals surface area contributed by atoms with E-state index in [9.17, 15) is 13.2 Å². The van der Waals surface area contributed by atoms with Crippen molar-refractivity contribution in [2.75, 3.05) is 5.32 Å². The van der Waals surface area contributed by atoms with E-state index in [1.54, 1.807) is 12.3 Å². The lowest BCUT2D eigenvalue weighted by molar-refractivity contribution is -0.137. The number of rotatable bonds is 2. The van der Waals surface area contributed by atoms with Crippen LogP contribution in [0, 0.1) is 18.3 Å². The van der Waals surface area contributed by atoms with Gasteiger partial charge in [0.15, 0.2) is 0 Å². The summed E-state index contributed by atoms with van der Waals surface area (Å²) >= 11 is 3.31. The Kier molecular flexibility index (Phi) is 4.19. The second-order valence-electron chi connectivity index (χ2n) is 4.34. The summed E-state index contributed by atoms with van der Waals surface area (Å²) in [5.74, 6) is 0.428. The van der Waals surface area contributed by atoms with Gasteiger partial charge in [0.25, 0.3) is 0 Å². The fourth-order valence-corrected chi connectivity index (χ4v) is 2.24. The van der Waals surface area contributed by atoms with Gasteiger partial charge < -0.3 is 5.32 Å². The van der Waals surface area contributed by atoms with E-state index in [0.717, 1.165) is 17.7 Å². The van der Waals surface area contributed by atoms with E-state index in [4.69, 9.17) is 5.26 Å². The van der Waals surface area contributed by atoms with E-state index in [1.165, 1.54) is 6.07 Å². The molecule has 0 amide bonds. The standard InChI is InChI=1S/C14H9BrF3N3/c1-8-4-11(15)13(20-7-8)21-12-3-2-10(14(16,17)18)5-9(12)6-19/h2-5,7H,1H3,(H,20,21). The Bertz CT molecular complexity index is 720. The van der Waals surface area contributed by atoms with Crippen LogP contribution in [0.3, 0.4) is 0 Å². The number of halogens is 4. The minimum Gasteiger partial charge on any atom is -0.338 e. The highest BCUT2D eigenvalue weighted by atomic mass is 79.9. The molecule has 0 radical (unpaired) electrons. The number of nitrogens with zero attached hydrogens (tertiary/aromatic N) is 2. The van der Waals surface area contributed by atoms with E-state index in [-0.39, 0.29) is 11.3 Å². The van der Waals surface area contributed by atoms with Gasteiger partial charge in [-0.05, 0) is 52.7 Å². The number of nitrogens with one attached hydrogen (secondary N) is 1. The third-order valence-electron chi connectivity index (χ3n) is 2.70. The van der Waals surface area contributed by atoms with Crippen LogP contribution in [0.15, 0.2) is 34.9 Å². The molecule has 3 nitrogen and oxygen atoms in total. The second-order valence-corrected chi connectivity index (χ2v) is 5.19. The monoisotopic (exact) mass is 355 g/mol. The van der Waals surface area contributed by atoms with Gasteiger partial charge in [-0.25, -0.2) is 4.98 Å².